The molecule has 0 bridgehead atoms. The van der Waals surface area contributed by atoms with Crippen molar-refractivity contribution in [1.29, 1.82) is 0 Å². The van der Waals surface area contributed by atoms with Crippen LogP contribution in [0.25, 0.3) is 0 Å². The number of aryl methyl sites for hydroxylation is 1. The lowest BCUT2D eigenvalue weighted by atomic mass is 9.81. The van der Waals surface area contributed by atoms with E-state index in [1.165, 1.54) is 6.42 Å². The molecule has 1 aliphatic carbocycles. The van der Waals surface area contributed by atoms with Gasteiger partial charge in [-0.2, -0.15) is 5.10 Å². The fourth-order valence-electron chi connectivity index (χ4n) is 2.59. The van der Waals surface area contributed by atoms with E-state index in [4.69, 9.17) is 0 Å². The monoisotopic (exact) mass is 314 g/mol. The van der Waals surface area contributed by atoms with Crippen LogP contribution in [0, 0.1) is 12.8 Å². The molecule has 120 valence electrons. The van der Waals surface area contributed by atoms with Gasteiger partial charge in [0, 0.05) is 18.6 Å². The second-order valence-corrected chi connectivity index (χ2v) is 7.91. The van der Waals surface area contributed by atoms with Gasteiger partial charge in [0.1, 0.15) is 4.90 Å². The summed E-state index contributed by atoms with van der Waals surface area (Å²) in [7, 11) is -3.53. The topological polar surface area (TPSA) is 86.9 Å². The number of H-pyrrole nitrogens is 1. The van der Waals surface area contributed by atoms with E-state index in [0.717, 1.165) is 12.8 Å². The van der Waals surface area contributed by atoms with Crippen molar-refractivity contribution in [2.24, 2.45) is 5.92 Å². The molecule has 1 aromatic heterocycles. The van der Waals surface area contributed by atoms with Crippen LogP contribution in [0.15, 0.2) is 4.90 Å². The molecule has 0 saturated heterocycles. The highest BCUT2D eigenvalue weighted by atomic mass is 32.2. The number of hydrogen-bond donors (Lipinski definition) is 3. The molecule has 1 heterocycles. The molecule has 0 aromatic carbocycles. The molecule has 1 aliphatic rings. The SMILES string of the molecule is Cc1[nH]nc(CNC(C)C)c1S(=O)(=O)NC(C)C1CCC1. The van der Waals surface area contributed by atoms with E-state index in [1.807, 2.05) is 20.8 Å². The lowest BCUT2D eigenvalue weighted by Crippen LogP contribution is -2.41. The van der Waals surface area contributed by atoms with Gasteiger partial charge in [0.2, 0.25) is 10.0 Å². The quantitative estimate of drug-likeness (QED) is 0.714. The van der Waals surface area contributed by atoms with Crippen LogP contribution < -0.4 is 10.0 Å². The average Bonchev–Trinajstić information content (AvgIpc) is 2.65. The molecule has 0 spiro atoms. The first-order chi connectivity index (χ1) is 9.81. The minimum Gasteiger partial charge on any atom is -0.309 e. The molecule has 3 N–H and O–H groups in total. The fraction of sp³-hybridized carbons (Fsp3) is 0.786. The summed E-state index contributed by atoms with van der Waals surface area (Å²) in [4.78, 5) is 0.293. The van der Waals surface area contributed by atoms with Gasteiger partial charge in [-0.3, -0.25) is 5.10 Å². The van der Waals surface area contributed by atoms with Crippen molar-refractivity contribution in [2.75, 3.05) is 0 Å². The molecular formula is C14H26N4O2S. The Morgan fingerprint density at radius 3 is 2.52 bits per heavy atom. The average molecular weight is 314 g/mol. The van der Waals surface area contributed by atoms with Crippen LogP contribution in [0.5, 0.6) is 0 Å². The summed E-state index contributed by atoms with van der Waals surface area (Å²) >= 11 is 0. The predicted molar refractivity (Wildman–Crippen MR) is 82.4 cm³/mol. The first-order valence-electron chi connectivity index (χ1n) is 7.61. The molecule has 0 amide bonds. The van der Waals surface area contributed by atoms with Crippen molar-refractivity contribution in [3.63, 3.8) is 0 Å². The molecule has 1 atom stereocenters. The molecular weight excluding hydrogens is 288 g/mol. The zero-order chi connectivity index (χ0) is 15.6. The van der Waals surface area contributed by atoms with Crippen LogP contribution in [0.2, 0.25) is 0 Å². The molecule has 0 radical (unpaired) electrons. The van der Waals surface area contributed by atoms with Crippen molar-refractivity contribution in [2.45, 2.75) is 70.5 Å². The lowest BCUT2D eigenvalue weighted by molar-refractivity contribution is 0.260. The molecule has 1 unspecified atom stereocenters. The highest BCUT2D eigenvalue weighted by molar-refractivity contribution is 7.89. The van der Waals surface area contributed by atoms with Crippen LogP contribution in [0.1, 0.15) is 51.4 Å². The summed E-state index contributed by atoms with van der Waals surface area (Å²) in [6.07, 6.45) is 3.41. The van der Waals surface area contributed by atoms with Gasteiger partial charge in [-0.15, -0.1) is 0 Å². The number of aromatic amines is 1. The highest BCUT2D eigenvalue weighted by Gasteiger charge is 2.30. The predicted octanol–water partition coefficient (Wildman–Crippen LogP) is 1.68. The molecule has 0 aliphatic heterocycles. The van der Waals surface area contributed by atoms with Crippen molar-refractivity contribution >= 4 is 10.0 Å². The summed E-state index contributed by atoms with van der Waals surface area (Å²) < 4.78 is 28.1. The number of nitrogens with zero attached hydrogens (tertiary/aromatic N) is 1. The normalized spacial score (nSPS) is 18.0. The van der Waals surface area contributed by atoms with E-state index < -0.39 is 10.0 Å². The van der Waals surface area contributed by atoms with E-state index in [9.17, 15) is 8.42 Å². The molecule has 6 nitrogen and oxygen atoms in total. The van der Waals surface area contributed by atoms with Gasteiger partial charge in [-0.1, -0.05) is 20.3 Å². The molecule has 1 saturated carbocycles. The Balaban J connectivity index is 2.16. The van der Waals surface area contributed by atoms with E-state index in [0.29, 0.717) is 28.7 Å². The molecule has 7 heteroatoms. The molecule has 21 heavy (non-hydrogen) atoms. The zero-order valence-electron chi connectivity index (χ0n) is 13.2. The fourth-order valence-corrected chi connectivity index (χ4v) is 4.26. The first-order valence-corrected chi connectivity index (χ1v) is 9.09. The second kappa shape index (κ2) is 6.46. The second-order valence-electron chi connectivity index (χ2n) is 6.26. The van der Waals surface area contributed by atoms with E-state index in [-0.39, 0.29) is 12.1 Å². The number of sulfonamides is 1. The summed E-state index contributed by atoms with van der Waals surface area (Å²) in [6.45, 7) is 8.17. The summed E-state index contributed by atoms with van der Waals surface area (Å²) in [5.41, 5.74) is 1.14. The van der Waals surface area contributed by atoms with Gasteiger partial charge < -0.3 is 5.32 Å². The minimum atomic E-state index is -3.53. The van der Waals surface area contributed by atoms with Gasteiger partial charge in [0.15, 0.2) is 0 Å². The minimum absolute atomic E-state index is 0.0241. The third-order valence-electron chi connectivity index (χ3n) is 4.11. The lowest BCUT2D eigenvalue weighted by Gasteiger charge is -2.31. The maximum atomic E-state index is 12.6. The maximum absolute atomic E-state index is 12.6. The Labute approximate surface area is 127 Å². The van der Waals surface area contributed by atoms with Crippen LogP contribution in [0.3, 0.4) is 0 Å². The third kappa shape index (κ3) is 3.84. The third-order valence-corrected chi connectivity index (χ3v) is 5.87. The zero-order valence-corrected chi connectivity index (χ0v) is 14.0. The van der Waals surface area contributed by atoms with Crippen LogP contribution in [0.4, 0.5) is 0 Å². The number of rotatable bonds is 7. The van der Waals surface area contributed by atoms with Crippen molar-refractivity contribution in [3.8, 4) is 0 Å². The Morgan fingerprint density at radius 1 is 1.33 bits per heavy atom. The standard InChI is InChI=1S/C14H26N4O2S/c1-9(2)15-8-13-14(11(4)16-17-13)21(19,20)18-10(3)12-6-5-7-12/h9-10,12,15,18H,5-8H2,1-4H3,(H,16,17). The van der Waals surface area contributed by atoms with Crippen LogP contribution >= 0.6 is 0 Å². The Bertz CT molecular complexity index is 576. The highest BCUT2D eigenvalue weighted by Crippen LogP contribution is 2.30. The number of nitrogens with one attached hydrogen (secondary N) is 3. The van der Waals surface area contributed by atoms with Crippen molar-refractivity contribution < 1.29 is 8.42 Å². The molecule has 1 fully saturated rings. The van der Waals surface area contributed by atoms with E-state index in [1.54, 1.807) is 6.92 Å². The van der Waals surface area contributed by atoms with Crippen LogP contribution in [-0.4, -0.2) is 30.7 Å². The summed E-state index contributed by atoms with van der Waals surface area (Å²) in [6, 6.07) is 0.253. The Kier molecular flexibility index (Phi) is 5.06. The molecule has 2 rings (SSSR count). The summed E-state index contributed by atoms with van der Waals surface area (Å²) in [5.74, 6) is 0.462. The van der Waals surface area contributed by atoms with Crippen molar-refractivity contribution in [1.82, 2.24) is 20.2 Å². The smallest absolute Gasteiger partial charge is 0.244 e. The number of aromatic nitrogens is 2. The van der Waals surface area contributed by atoms with Gasteiger partial charge >= 0.3 is 0 Å². The number of hydrogen-bond acceptors (Lipinski definition) is 4. The largest absolute Gasteiger partial charge is 0.309 e. The maximum Gasteiger partial charge on any atom is 0.244 e. The van der Waals surface area contributed by atoms with E-state index >= 15 is 0 Å². The van der Waals surface area contributed by atoms with E-state index in [2.05, 4.69) is 20.2 Å². The van der Waals surface area contributed by atoms with Gasteiger partial charge in [0.25, 0.3) is 0 Å². The molecule has 1 aromatic rings. The Hall–Kier alpha value is -0.920. The van der Waals surface area contributed by atoms with Crippen molar-refractivity contribution in [3.05, 3.63) is 11.4 Å². The summed E-state index contributed by atoms with van der Waals surface area (Å²) in [5, 5.41) is 10.1. The van der Waals surface area contributed by atoms with Gasteiger partial charge in [-0.25, -0.2) is 13.1 Å². The van der Waals surface area contributed by atoms with Gasteiger partial charge in [-0.05, 0) is 32.6 Å². The Morgan fingerprint density at radius 2 is 2.00 bits per heavy atom. The van der Waals surface area contributed by atoms with Gasteiger partial charge in [0.05, 0.1) is 11.4 Å². The first kappa shape index (κ1) is 16.5. The van der Waals surface area contributed by atoms with Crippen LogP contribution in [-0.2, 0) is 16.6 Å².